The second-order valence-electron chi connectivity index (χ2n) is 4.45. The minimum atomic E-state index is -0.243. The van der Waals surface area contributed by atoms with Crippen molar-refractivity contribution in [3.63, 3.8) is 0 Å². The zero-order valence-electron chi connectivity index (χ0n) is 11.0. The highest BCUT2D eigenvalue weighted by molar-refractivity contribution is 5.96. The molecule has 2 aromatic rings. The van der Waals surface area contributed by atoms with Crippen LogP contribution in [-0.2, 0) is 6.42 Å². The Kier molecular flexibility index (Phi) is 4.00. The number of aryl methyl sites for hydroxylation is 2. The van der Waals surface area contributed by atoms with Crippen molar-refractivity contribution in [2.45, 2.75) is 20.3 Å². The molecule has 0 radical (unpaired) electrons. The Hall–Kier alpha value is -2.10. The molecule has 1 amide bonds. The van der Waals surface area contributed by atoms with Crippen molar-refractivity contribution in [2.24, 2.45) is 0 Å². The van der Waals surface area contributed by atoms with Gasteiger partial charge in [0.05, 0.1) is 11.8 Å². The van der Waals surface area contributed by atoms with Crippen LogP contribution in [-0.4, -0.2) is 12.5 Å². The van der Waals surface area contributed by atoms with Crippen molar-refractivity contribution in [1.29, 1.82) is 0 Å². The Balaban J connectivity index is 1.93. The van der Waals surface area contributed by atoms with E-state index in [1.54, 1.807) is 31.4 Å². The van der Waals surface area contributed by atoms with E-state index in [-0.39, 0.29) is 11.7 Å². The van der Waals surface area contributed by atoms with Crippen LogP contribution in [0.4, 0.5) is 4.39 Å². The molecule has 1 heterocycles. The second-order valence-corrected chi connectivity index (χ2v) is 4.45. The topological polar surface area (TPSA) is 42.2 Å². The Morgan fingerprint density at radius 3 is 2.68 bits per heavy atom. The van der Waals surface area contributed by atoms with E-state index in [9.17, 15) is 9.18 Å². The van der Waals surface area contributed by atoms with Gasteiger partial charge in [0.2, 0.25) is 0 Å². The van der Waals surface area contributed by atoms with Crippen molar-refractivity contribution in [1.82, 2.24) is 5.32 Å². The fourth-order valence-electron chi connectivity index (χ4n) is 2.01. The Morgan fingerprint density at radius 2 is 2.05 bits per heavy atom. The summed E-state index contributed by atoms with van der Waals surface area (Å²) in [6, 6.07) is 6.57. The predicted octanol–water partition coefficient (Wildman–Crippen LogP) is 3.01. The molecule has 1 aromatic carbocycles. The zero-order valence-corrected chi connectivity index (χ0v) is 11.0. The first kappa shape index (κ1) is 13.3. The zero-order chi connectivity index (χ0) is 13.8. The SMILES string of the molecule is Cc1coc(C)c1C(=O)NCCc1ccccc1F. The number of furan rings is 1. The molecule has 4 heteroatoms. The lowest BCUT2D eigenvalue weighted by molar-refractivity contribution is 0.0952. The summed E-state index contributed by atoms with van der Waals surface area (Å²) in [5.74, 6) is 0.174. The van der Waals surface area contributed by atoms with Gasteiger partial charge in [-0.05, 0) is 31.9 Å². The van der Waals surface area contributed by atoms with Gasteiger partial charge in [-0.2, -0.15) is 0 Å². The summed E-state index contributed by atoms with van der Waals surface area (Å²) in [5.41, 5.74) is 1.97. The van der Waals surface area contributed by atoms with E-state index in [0.29, 0.717) is 29.9 Å². The lowest BCUT2D eigenvalue weighted by Crippen LogP contribution is -2.26. The Morgan fingerprint density at radius 1 is 1.32 bits per heavy atom. The van der Waals surface area contributed by atoms with Crippen LogP contribution in [0.1, 0.15) is 27.2 Å². The third-order valence-electron chi connectivity index (χ3n) is 3.02. The van der Waals surface area contributed by atoms with Crippen molar-refractivity contribution >= 4 is 5.91 Å². The van der Waals surface area contributed by atoms with Gasteiger partial charge >= 0.3 is 0 Å². The minimum absolute atomic E-state index is 0.180. The molecule has 3 nitrogen and oxygen atoms in total. The van der Waals surface area contributed by atoms with Crippen LogP contribution < -0.4 is 5.32 Å². The van der Waals surface area contributed by atoms with E-state index in [0.717, 1.165) is 5.56 Å². The molecule has 0 unspecified atom stereocenters. The van der Waals surface area contributed by atoms with Crippen molar-refractivity contribution < 1.29 is 13.6 Å². The Bertz CT molecular complexity index is 570. The van der Waals surface area contributed by atoms with E-state index in [2.05, 4.69) is 5.32 Å². The largest absolute Gasteiger partial charge is 0.469 e. The molecular weight excluding hydrogens is 245 g/mol. The van der Waals surface area contributed by atoms with Gasteiger partial charge in [-0.1, -0.05) is 18.2 Å². The number of hydrogen-bond acceptors (Lipinski definition) is 2. The van der Waals surface area contributed by atoms with Gasteiger partial charge in [0.25, 0.3) is 5.91 Å². The van der Waals surface area contributed by atoms with Crippen LogP contribution >= 0.6 is 0 Å². The average molecular weight is 261 g/mol. The molecule has 0 spiro atoms. The first-order valence-corrected chi connectivity index (χ1v) is 6.16. The first-order valence-electron chi connectivity index (χ1n) is 6.16. The molecule has 0 fully saturated rings. The first-order chi connectivity index (χ1) is 9.09. The van der Waals surface area contributed by atoms with E-state index in [4.69, 9.17) is 4.42 Å². The summed E-state index contributed by atoms with van der Waals surface area (Å²) in [6.45, 7) is 3.96. The summed E-state index contributed by atoms with van der Waals surface area (Å²) in [7, 11) is 0. The molecular formula is C15H16FNO2. The summed E-state index contributed by atoms with van der Waals surface area (Å²) >= 11 is 0. The molecule has 0 bridgehead atoms. The number of carbonyl (C=O) groups is 1. The van der Waals surface area contributed by atoms with Gasteiger partial charge in [-0.3, -0.25) is 4.79 Å². The molecule has 0 aliphatic rings. The van der Waals surface area contributed by atoms with Gasteiger partial charge in [-0.15, -0.1) is 0 Å². The normalized spacial score (nSPS) is 10.5. The maximum absolute atomic E-state index is 13.4. The van der Waals surface area contributed by atoms with Gasteiger partial charge < -0.3 is 9.73 Å². The van der Waals surface area contributed by atoms with Crippen LogP contribution in [0.2, 0.25) is 0 Å². The van der Waals surface area contributed by atoms with Gasteiger partial charge in [0.1, 0.15) is 11.6 Å². The highest BCUT2D eigenvalue weighted by Crippen LogP contribution is 2.15. The quantitative estimate of drug-likeness (QED) is 0.919. The third-order valence-corrected chi connectivity index (χ3v) is 3.02. The predicted molar refractivity (Wildman–Crippen MR) is 70.6 cm³/mol. The molecule has 19 heavy (non-hydrogen) atoms. The summed E-state index contributed by atoms with van der Waals surface area (Å²) in [4.78, 5) is 12.0. The molecule has 1 aromatic heterocycles. The summed E-state index contributed by atoms with van der Waals surface area (Å²) < 4.78 is 18.6. The van der Waals surface area contributed by atoms with Crippen LogP contribution in [0.25, 0.3) is 0 Å². The molecule has 0 aliphatic heterocycles. The number of hydrogen-bond donors (Lipinski definition) is 1. The van der Waals surface area contributed by atoms with Crippen molar-refractivity contribution in [3.05, 3.63) is 58.8 Å². The summed E-state index contributed by atoms with van der Waals surface area (Å²) in [5, 5.41) is 2.78. The van der Waals surface area contributed by atoms with Crippen molar-refractivity contribution in [2.75, 3.05) is 6.54 Å². The number of halogens is 1. The molecule has 0 saturated heterocycles. The lowest BCUT2D eigenvalue weighted by Gasteiger charge is -2.06. The molecule has 1 N–H and O–H groups in total. The average Bonchev–Trinajstić information content (AvgIpc) is 2.71. The van der Waals surface area contributed by atoms with Crippen LogP contribution in [0.15, 0.2) is 34.9 Å². The lowest BCUT2D eigenvalue weighted by atomic mass is 10.1. The van der Waals surface area contributed by atoms with Crippen molar-refractivity contribution in [3.8, 4) is 0 Å². The maximum Gasteiger partial charge on any atom is 0.255 e. The molecule has 0 saturated carbocycles. The van der Waals surface area contributed by atoms with Gasteiger partial charge in [0, 0.05) is 12.1 Å². The highest BCUT2D eigenvalue weighted by Gasteiger charge is 2.15. The second kappa shape index (κ2) is 5.69. The monoisotopic (exact) mass is 261 g/mol. The van der Waals surface area contributed by atoms with E-state index in [1.165, 1.54) is 6.07 Å². The highest BCUT2D eigenvalue weighted by atomic mass is 19.1. The number of amides is 1. The van der Waals surface area contributed by atoms with E-state index < -0.39 is 0 Å². The summed E-state index contributed by atoms with van der Waals surface area (Å²) in [6.07, 6.45) is 2.02. The molecule has 0 atom stereocenters. The minimum Gasteiger partial charge on any atom is -0.469 e. The van der Waals surface area contributed by atoms with Gasteiger partial charge in [-0.25, -0.2) is 4.39 Å². The number of benzene rings is 1. The van der Waals surface area contributed by atoms with Gasteiger partial charge in [0.15, 0.2) is 0 Å². The smallest absolute Gasteiger partial charge is 0.255 e. The van der Waals surface area contributed by atoms with Crippen LogP contribution in [0.5, 0.6) is 0 Å². The van der Waals surface area contributed by atoms with Crippen LogP contribution in [0.3, 0.4) is 0 Å². The maximum atomic E-state index is 13.4. The number of rotatable bonds is 4. The third kappa shape index (κ3) is 3.02. The number of carbonyl (C=O) groups excluding carboxylic acids is 1. The molecule has 2 rings (SSSR count). The van der Waals surface area contributed by atoms with E-state index >= 15 is 0 Å². The molecule has 100 valence electrons. The fraction of sp³-hybridized carbons (Fsp3) is 0.267. The molecule has 0 aliphatic carbocycles. The Labute approximate surface area is 111 Å². The van der Waals surface area contributed by atoms with E-state index in [1.807, 2.05) is 6.92 Å². The fourth-order valence-corrected chi connectivity index (χ4v) is 2.01. The standard InChI is InChI=1S/C15H16FNO2/c1-10-9-19-11(2)14(10)15(18)17-8-7-12-5-3-4-6-13(12)16/h3-6,9H,7-8H2,1-2H3,(H,17,18). The number of nitrogens with one attached hydrogen (secondary N) is 1. The van der Waals surface area contributed by atoms with Crippen LogP contribution in [0, 0.1) is 19.7 Å².